The molecule has 0 spiro atoms. The van der Waals surface area contributed by atoms with Crippen molar-refractivity contribution in [2.24, 2.45) is 17.8 Å². The van der Waals surface area contributed by atoms with Gasteiger partial charge in [-0.15, -0.1) is 0 Å². The number of carbonyl (C=O) groups is 2. The number of hydrogen-bond acceptors (Lipinski definition) is 6. The lowest BCUT2D eigenvalue weighted by Gasteiger charge is -2.35. The molecule has 2 aromatic carbocycles. The Kier molecular flexibility index (Phi) is 8.14. The van der Waals surface area contributed by atoms with Crippen molar-refractivity contribution in [1.29, 1.82) is 0 Å². The predicted molar refractivity (Wildman–Crippen MR) is 155 cm³/mol. The number of allylic oxidation sites excluding steroid dienone is 2. The van der Waals surface area contributed by atoms with E-state index in [2.05, 4.69) is 4.98 Å². The zero-order valence-electron chi connectivity index (χ0n) is 23.0. The van der Waals surface area contributed by atoms with Gasteiger partial charge in [-0.25, -0.2) is 0 Å². The molecular weight excluding hydrogens is 504 g/mol. The molecule has 0 unspecified atom stereocenters. The maximum atomic E-state index is 13.2. The molecule has 7 nitrogen and oxygen atoms in total. The maximum Gasteiger partial charge on any atom is 0.233 e. The number of aromatic hydroxyl groups is 1. The van der Waals surface area contributed by atoms with Crippen molar-refractivity contribution >= 4 is 34.2 Å². The van der Waals surface area contributed by atoms with E-state index in [1.54, 1.807) is 12.3 Å². The van der Waals surface area contributed by atoms with Crippen molar-refractivity contribution in [1.82, 2.24) is 9.88 Å². The second-order valence-corrected chi connectivity index (χ2v) is 10.8. The SMILES string of the molecule is CCCN1C(=O)[C@@H]2[C@@H](CC(C)=C([C@H](O)CC/C(=C/c3ccc(O)c4ccccc34)c3ccccn3)[C@@H]2CO)C1=O. The Balaban J connectivity index is 1.44. The van der Waals surface area contributed by atoms with E-state index >= 15 is 0 Å². The maximum absolute atomic E-state index is 13.2. The molecule has 0 bridgehead atoms. The molecule has 5 rings (SSSR count). The number of aliphatic hydroxyl groups excluding tert-OH is 2. The Bertz CT molecular complexity index is 1480. The lowest BCUT2D eigenvalue weighted by molar-refractivity contribution is -0.140. The Morgan fingerprint density at radius 3 is 2.52 bits per heavy atom. The van der Waals surface area contributed by atoms with Crippen molar-refractivity contribution in [3.63, 3.8) is 0 Å². The number of hydrogen-bond donors (Lipinski definition) is 3. The first-order chi connectivity index (χ1) is 19.3. The summed E-state index contributed by atoms with van der Waals surface area (Å²) in [4.78, 5) is 32.1. The van der Waals surface area contributed by atoms with Crippen LogP contribution in [0, 0.1) is 17.8 Å². The van der Waals surface area contributed by atoms with Crippen LogP contribution in [0.4, 0.5) is 0 Å². The number of nitrogens with zero attached hydrogens (tertiary/aromatic N) is 2. The van der Waals surface area contributed by atoms with Gasteiger partial charge < -0.3 is 15.3 Å². The van der Waals surface area contributed by atoms with E-state index in [1.165, 1.54) is 4.90 Å². The van der Waals surface area contributed by atoms with Gasteiger partial charge in [-0.2, -0.15) is 0 Å². The smallest absolute Gasteiger partial charge is 0.233 e. The van der Waals surface area contributed by atoms with E-state index in [9.17, 15) is 24.9 Å². The zero-order valence-corrected chi connectivity index (χ0v) is 23.0. The number of pyridine rings is 1. The number of imide groups is 1. The second kappa shape index (κ2) is 11.7. The van der Waals surface area contributed by atoms with Crippen LogP contribution < -0.4 is 0 Å². The highest BCUT2D eigenvalue weighted by atomic mass is 16.3. The van der Waals surface area contributed by atoms with E-state index in [0.29, 0.717) is 37.8 Å². The molecule has 4 atom stereocenters. The quantitative estimate of drug-likeness (QED) is 0.261. The van der Waals surface area contributed by atoms with Crippen LogP contribution in [-0.2, 0) is 9.59 Å². The number of likely N-dealkylation sites (tertiary alicyclic amines) is 1. The van der Waals surface area contributed by atoms with Crippen LogP contribution in [0.25, 0.3) is 22.4 Å². The number of fused-ring (bicyclic) bond motifs is 2. The van der Waals surface area contributed by atoms with Crippen molar-refractivity contribution in [3.8, 4) is 5.75 Å². The first kappa shape index (κ1) is 27.7. The molecule has 0 saturated carbocycles. The summed E-state index contributed by atoms with van der Waals surface area (Å²) >= 11 is 0. The van der Waals surface area contributed by atoms with E-state index in [0.717, 1.165) is 33.2 Å². The van der Waals surface area contributed by atoms with Gasteiger partial charge in [0.15, 0.2) is 0 Å². The van der Waals surface area contributed by atoms with Gasteiger partial charge in [0, 0.05) is 24.0 Å². The number of rotatable bonds is 9. The van der Waals surface area contributed by atoms with Crippen LogP contribution in [0.5, 0.6) is 5.75 Å². The van der Waals surface area contributed by atoms with E-state index in [4.69, 9.17) is 0 Å². The number of amides is 2. The minimum Gasteiger partial charge on any atom is -0.507 e. The molecule has 7 heteroatoms. The molecule has 2 aliphatic rings. The van der Waals surface area contributed by atoms with E-state index in [-0.39, 0.29) is 24.2 Å². The van der Waals surface area contributed by atoms with Crippen LogP contribution in [-0.4, -0.2) is 56.3 Å². The number of aromatic nitrogens is 1. The number of phenolic OH excluding ortho intramolecular Hbond substituents is 1. The Morgan fingerprint density at radius 2 is 1.82 bits per heavy atom. The number of aliphatic hydroxyl groups is 2. The highest BCUT2D eigenvalue weighted by molar-refractivity contribution is 6.06. The summed E-state index contributed by atoms with van der Waals surface area (Å²) in [5, 5.41) is 33.9. The average molecular weight is 541 g/mol. The number of carbonyl (C=O) groups excluding carboxylic acids is 2. The lowest BCUT2D eigenvalue weighted by atomic mass is 9.68. The summed E-state index contributed by atoms with van der Waals surface area (Å²) in [5.41, 5.74) is 4.19. The molecule has 0 radical (unpaired) electrons. The van der Waals surface area contributed by atoms with Crippen LogP contribution in [0.15, 0.2) is 71.9 Å². The third kappa shape index (κ3) is 5.07. The molecule has 2 heterocycles. The molecule has 3 aromatic rings. The summed E-state index contributed by atoms with van der Waals surface area (Å²) < 4.78 is 0. The summed E-state index contributed by atoms with van der Waals surface area (Å²) in [6, 6.07) is 16.9. The molecule has 1 saturated heterocycles. The first-order valence-corrected chi connectivity index (χ1v) is 14.0. The average Bonchev–Trinajstić information content (AvgIpc) is 3.20. The highest BCUT2D eigenvalue weighted by Crippen LogP contribution is 2.46. The van der Waals surface area contributed by atoms with Crippen LogP contribution in [0.3, 0.4) is 0 Å². The first-order valence-electron chi connectivity index (χ1n) is 14.0. The minimum absolute atomic E-state index is 0.162. The highest BCUT2D eigenvalue weighted by Gasteiger charge is 2.54. The molecule has 1 aliphatic heterocycles. The Morgan fingerprint density at radius 1 is 1.07 bits per heavy atom. The zero-order chi connectivity index (χ0) is 28.4. The van der Waals surface area contributed by atoms with Gasteiger partial charge in [0.25, 0.3) is 0 Å². The molecule has 40 heavy (non-hydrogen) atoms. The Hall–Kier alpha value is -3.81. The summed E-state index contributed by atoms with van der Waals surface area (Å²) in [6.45, 7) is 3.91. The molecule has 3 N–H and O–H groups in total. The van der Waals surface area contributed by atoms with Crippen molar-refractivity contribution < 1.29 is 24.9 Å². The van der Waals surface area contributed by atoms with Gasteiger partial charge in [0.05, 0.1) is 30.2 Å². The summed E-state index contributed by atoms with van der Waals surface area (Å²) in [7, 11) is 0. The van der Waals surface area contributed by atoms with Gasteiger partial charge in [0.2, 0.25) is 11.8 Å². The lowest BCUT2D eigenvalue weighted by Crippen LogP contribution is -2.38. The van der Waals surface area contributed by atoms with Gasteiger partial charge in [0.1, 0.15) is 5.75 Å². The predicted octanol–water partition coefficient (Wildman–Crippen LogP) is 4.96. The molecule has 2 amide bonds. The van der Waals surface area contributed by atoms with Crippen LogP contribution in [0.1, 0.15) is 50.8 Å². The van der Waals surface area contributed by atoms with Crippen molar-refractivity contribution in [3.05, 3.63) is 83.2 Å². The third-order valence-corrected chi connectivity index (χ3v) is 8.37. The molecule has 1 aromatic heterocycles. The van der Waals surface area contributed by atoms with Crippen molar-refractivity contribution in [2.45, 2.75) is 45.6 Å². The van der Waals surface area contributed by atoms with E-state index in [1.807, 2.05) is 68.5 Å². The van der Waals surface area contributed by atoms with Gasteiger partial charge in [-0.3, -0.25) is 19.5 Å². The number of benzene rings is 2. The molecule has 1 fully saturated rings. The van der Waals surface area contributed by atoms with Crippen LogP contribution >= 0.6 is 0 Å². The largest absolute Gasteiger partial charge is 0.507 e. The fourth-order valence-electron chi connectivity index (χ4n) is 6.52. The number of phenols is 1. The fourth-order valence-corrected chi connectivity index (χ4v) is 6.52. The summed E-state index contributed by atoms with van der Waals surface area (Å²) in [6.07, 6.45) is 4.84. The minimum atomic E-state index is -0.884. The van der Waals surface area contributed by atoms with Crippen LogP contribution in [0.2, 0.25) is 0 Å². The fraction of sp³-hybridized carbons (Fsp3) is 0.364. The molecular formula is C33H36N2O5. The van der Waals surface area contributed by atoms with Gasteiger partial charge >= 0.3 is 0 Å². The third-order valence-electron chi connectivity index (χ3n) is 8.37. The van der Waals surface area contributed by atoms with Gasteiger partial charge in [-0.1, -0.05) is 48.9 Å². The molecule has 208 valence electrons. The second-order valence-electron chi connectivity index (χ2n) is 10.8. The normalized spacial score (nSPS) is 22.2. The topological polar surface area (TPSA) is 111 Å². The van der Waals surface area contributed by atoms with Gasteiger partial charge in [-0.05, 0) is 79.0 Å². The molecule has 1 aliphatic carbocycles. The summed E-state index contributed by atoms with van der Waals surface area (Å²) in [5.74, 6) is -1.88. The monoisotopic (exact) mass is 540 g/mol. The van der Waals surface area contributed by atoms with Crippen molar-refractivity contribution in [2.75, 3.05) is 13.2 Å². The van der Waals surface area contributed by atoms with E-state index < -0.39 is 23.9 Å². The standard InChI is InChI=1S/C33H36N2O5/c1-3-16-35-32(39)25-17-20(2)30(26(19-36)31(25)33(35)40)29(38)14-12-22(27-10-6-7-15-34-27)18-21-11-13-28(37)24-9-5-4-8-23(21)24/h4-11,13,15,18,25-26,29,31,36-38H,3,12,14,16-17,19H2,1-2H3/b22-18-/t25-,26+,29-,31-/m1/s1. The Labute approximate surface area is 234 Å².